The van der Waals surface area contributed by atoms with Gasteiger partial charge in [0.25, 0.3) is 0 Å². The third kappa shape index (κ3) is 5.45. The predicted molar refractivity (Wildman–Crippen MR) is 145 cm³/mol. The van der Waals surface area contributed by atoms with E-state index in [0.717, 1.165) is 45.3 Å². The van der Waals surface area contributed by atoms with E-state index in [1.807, 2.05) is 18.2 Å². The van der Waals surface area contributed by atoms with Gasteiger partial charge in [-0.15, -0.1) is 0 Å². The van der Waals surface area contributed by atoms with Gasteiger partial charge in [-0.05, 0) is 56.4 Å². The summed E-state index contributed by atoms with van der Waals surface area (Å²) in [4.78, 5) is 24.1. The molecular weight excluding hydrogens is 509 g/mol. The molecule has 2 aliphatic heterocycles. The molecule has 2 atom stereocenters. The fraction of sp³-hybridized carbons (Fsp3) is 0.393. The third-order valence-electron chi connectivity index (χ3n) is 7.40. The maximum atomic E-state index is 13.6. The molecule has 1 amide bonds. The zero-order valence-electron chi connectivity index (χ0n) is 20.8. The van der Waals surface area contributed by atoms with Crippen molar-refractivity contribution in [1.29, 1.82) is 0 Å². The number of rotatable bonds is 8. The molecule has 1 aliphatic carbocycles. The number of benzene rings is 2. The van der Waals surface area contributed by atoms with Gasteiger partial charge < -0.3 is 20.1 Å². The van der Waals surface area contributed by atoms with Crippen LogP contribution >= 0.6 is 11.6 Å². The molecule has 2 unspecified atom stereocenters. The van der Waals surface area contributed by atoms with Gasteiger partial charge >= 0.3 is 0 Å². The minimum absolute atomic E-state index is 0.00892. The van der Waals surface area contributed by atoms with Crippen LogP contribution in [-0.2, 0) is 9.53 Å². The monoisotopic (exact) mass is 537 g/mol. The molecule has 1 saturated carbocycles. The number of nitrogens with one attached hydrogen (secondary N) is 2. The standard InChI is InChI=1S/C28H29ClFN5O3/c29-22-10-17(7-8-23(22)30)33-28-21-12-25(26(13-24(21)31-16-32-28)38-19-4-1-2-5-19)34-27(36)6-3-9-35-14-20-11-18(35)15-37-20/h3,6-8,10,12-13,16,18-20H,1-2,4-5,9,11,14-15H2,(H,34,36)(H,31,32,33)/b6-3+. The second-order valence-electron chi connectivity index (χ2n) is 10.1. The topological polar surface area (TPSA) is 88.6 Å². The normalized spacial score (nSPS) is 21.5. The molecule has 8 nitrogen and oxygen atoms in total. The lowest BCUT2D eigenvalue weighted by Crippen LogP contribution is -2.36. The molecule has 3 aromatic rings. The summed E-state index contributed by atoms with van der Waals surface area (Å²) in [6.07, 6.45) is 10.6. The smallest absolute Gasteiger partial charge is 0.248 e. The van der Waals surface area contributed by atoms with Crippen molar-refractivity contribution in [2.24, 2.45) is 0 Å². The number of aromatic nitrogens is 2. The Bertz CT molecular complexity index is 1380. The first-order valence-corrected chi connectivity index (χ1v) is 13.4. The number of carbonyl (C=O) groups is 1. The molecule has 1 aromatic heterocycles. The quantitative estimate of drug-likeness (QED) is 0.369. The van der Waals surface area contributed by atoms with Crippen molar-refractivity contribution >= 4 is 45.6 Å². The largest absolute Gasteiger partial charge is 0.488 e. The minimum atomic E-state index is -0.498. The second kappa shape index (κ2) is 10.8. The van der Waals surface area contributed by atoms with Gasteiger partial charge in [-0.1, -0.05) is 17.7 Å². The molecule has 10 heteroatoms. The van der Waals surface area contributed by atoms with E-state index in [-0.39, 0.29) is 17.0 Å². The molecular formula is C28H29ClFN5O3. The van der Waals surface area contributed by atoms with Crippen LogP contribution in [0, 0.1) is 5.82 Å². The second-order valence-corrected chi connectivity index (χ2v) is 10.5. The number of morpholine rings is 1. The first-order valence-electron chi connectivity index (χ1n) is 13.0. The van der Waals surface area contributed by atoms with Crippen LogP contribution in [0.3, 0.4) is 0 Å². The van der Waals surface area contributed by atoms with Crippen molar-refractivity contribution in [3.05, 3.63) is 59.7 Å². The Hall–Kier alpha value is -3.27. The summed E-state index contributed by atoms with van der Waals surface area (Å²) in [6, 6.07) is 8.46. The molecule has 3 aliphatic rings. The van der Waals surface area contributed by atoms with Gasteiger partial charge in [-0.2, -0.15) is 0 Å². The summed E-state index contributed by atoms with van der Waals surface area (Å²) < 4.78 is 25.6. The Labute approximate surface area is 225 Å². The molecule has 2 N–H and O–H groups in total. The fourth-order valence-electron chi connectivity index (χ4n) is 5.45. The molecule has 0 spiro atoms. The van der Waals surface area contributed by atoms with Crippen LogP contribution in [0.4, 0.5) is 21.6 Å². The van der Waals surface area contributed by atoms with Crippen molar-refractivity contribution < 1.29 is 18.7 Å². The molecule has 3 heterocycles. The number of hydrogen-bond acceptors (Lipinski definition) is 7. The summed E-state index contributed by atoms with van der Waals surface area (Å²) in [5.74, 6) is 0.344. The van der Waals surface area contributed by atoms with Gasteiger partial charge in [0.2, 0.25) is 5.91 Å². The van der Waals surface area contributed by atoms with Crippen LogP contribution in [0.25, 0.3) is 10.9 Å². The maximum Gasteiger partial charge on any atom is 0.248 e. The van der Waals surface area contributed by atoms with E-state index in [1.54, 1.807) is 12.1 Å². The number of halogens is 2. The van der Waals surface area contributed by atoms with Gasteiger partial charge in [0.15, 0.2) is 0 Å². The average Bonchev–Trinajstić information content (AvgIpc) is 3.66. The van der Waals surface area contributed by atoms with Crippen molar-refractivity contribution in [3.63, 3.8) is 0 Å². The molecule has 2 aromatic carbocycles. The van der Waals surface area contributed by atoms with Crippen LogP contribution in [-0.4, -0.2) is 58.7 Å². The fourth-order valence-corrected chi connectivity index (χ4v) is 5.63. The number of nitrogens with zero attached hydrogens (tertiary/aromatic N) is 3. The van der Waals surface area contributed by atoms with Crippen LogP contribution < -0.4 is 15.4 Å². The Morgan fingerprint density at radius 1 is 1.24 bits per heavy atom. The van der Waals surface area contributed by atoms with Crippen LogP contribution in [0.1, 0.15) is 32.1 Å². The number of likely N-dealkylation sites (tertiary alicyclic amines) is 1. The molecule has 0 radical (unpaired) electrons. The summed E-state index contributed by atoms with van der Waals surface area (Å²) in [5, 5.41) is 6.87. The number of carbonyl (C=O) groups excluding carboxylic acids is 1. The maximum absolute atomic E-state index is 13.6. The number of fused-ring (bicyclic) bond motifs is 3. The van der Waals surface area contributed by atoms with Crippen molar-refractivity contribution in [2.75, 3.05) is 30.3 Å². The van der Waals surface area contributed by atoms with E-state index in [0.29, 0.717) is 52.5 Å². The highest BCUT2D eigenvalue weighted by molar-refractivity contribution is 6.31. The zero-order valence-corrected chi connectivity index (χ0v) is 21.6. The molecule has 2 saturated heterocycles. The molecule has 198 valence electrons. The highest BCUT2D eigenvalue weighted by Gasteiger charge is 2.38. The van der Waals surface area contributed by atoms with Crippen molar-refractivity contribution in [1.82, 2.24) is 14.9 Å². The first kappa shape index (κ1) is 25.0. The van der Waals surface area contributed by atoms with E-state index in [1.165, 1.54) is 18.5 Å². The number of anilines is 3. The van der Waals surface area contributed by atoms with Gasteiger partial charge in [-0.3, -0.25) is 9.69 Å². The summed E-state index contributed by atoms with van der Waals surface area (Å²) in [6.45, 7) is 2.39. The van der Waals surface area contributed by atoms with Crippen LogP contribution in [0.5, 0.6) is 5.75 Å². The zero-order chi connectivity index (χ0) is 26.1. The first-order chi connectivity index (χ1) is 18.5. The molecule has 2 bridgehead atoms. The van der Waals surface area contributed by atoms with Gasteiger partial charge in [-0.25, -0.2) is 14.4 Å². The van der Waals surface area contributed by atoms with E-state index in [4.69, 9.17) is 21.1 Å². The highest BCUT2D eigenvalue weighted by atomic mass is 35.5. The van der Waals surface area contributed by atoms with Gasteiger partial charge in [0, 0.05) is 42.3 Å². The summed E-state index contributed by atoms with van der Waals surface area (Å²) >= 11 is 5.96. The number of amides is 1. The van der Waals surface area contributed by atoms with Gasteiger partial charge in [0.1, 0.15) is 23.7 Å². The van der Waals surface area contributed by atoms with Crippen LogP contribution in [0.2, 0.25) is 5.02 Å². The minimum Gasteiger partial charge on any atom is -0.488 e. The highest BCUT2D eigenvalue weighted by Crippen LogP contribution is 2.36. The Morgan fingerprint density at radius 3 is 2.87 bits per heavy atom. The van der Waals surface area contributed by atoms with E-state index < -0.39 is 5.82 Å². The van der Waals surface area contributed by atoms with Gasteiger partial charge in [0.05, 0.1) is 35.0 Å². The molecule has 6 rings (SSSR count). The molecule has 38 heavy (non-hydrogen) atoms. The van der Waals surface area contributed by atoms with E-state index in [2.05, 4.69) is 25.5 Å². The number of hydrogen-bond donors (Lipinski definition) is 2. The van der Waals surface area contributed by atoms with Crippen molar-refractivity contribution in [3.8, 4) is 5.75 Å². The predicted octanol–water partition coefficient (Wildman–Crippen LogP) is 5.46. The third-order valence-corrected chi connectivity index (χ3v) is 7.69. The lowest BCUT2D eigenvalue weighted by Gasteiger charge is -2.25. The van der Waals surface area contributed by atoms with Crippen LogP contribution in [0.15, 0.2) is 48.8 Å². The SMILES string of the molecule is O=C(/C=C/CN1CC2CC1CO2)Nc1cc2c(Nc3ccc(F)c(Cl)c3)ncnc2cc1OC1CCCC1. The summed E-state index contributed by atoms with van der Waals surface area (Å²) in [7, 11) is 0. The number of ether oxygens (including phenoxy) is 2. The average molecular weight is 538 g/mol. The Kier molecular flexibility index (Phi) is 7.14. The Morgan fingerprint density at radius 2 is 2.11 bits per heavy atom. The van der Waals surface area contributed by atoms with E-state index in [9.17, 15) is 9.18 Å². The van der Waals surface area contributed by atoms with Crippen molar-refractivity contribution in [2.45, 2.75) is 50.4 Å². The van der Waals surface area contributed by atoms with E-state index >= 15 is 0 Å². The lowest BCUT2D eigenvalue weighted by molar-refractivity contribution is -0.111. The lowest BCUT2D eigenvalue weighted by atomic mass is 10.1. The molecule has 3 fully saturated rings. The summed E-state index contributed by atoms with van der Waals surface area (Å²) in [5.41, 5.74) is 1.78. The Balaban J connectivity index is 1.25.